The number of nitriles is 1. The predicted molar refractivity (Wildman–Crippen MR) is 157 cm³/mol. The van der Waals surface area contributed by atoms with Gasteiger partial charge in [-0.25, -0.2) is 30.9 Å². The van der Waals surface area contributed by atoms with Crippen LogP contribution in [0.3, 0.4) is 0 Å². The number of benzene rings is 2. The molecule has 13 heteroatoms. The van der Waals surface area contributed by atoms with E-state index in [-0.39, 0.29) is 36.3 Å². The number of aryl methyl sites for hydroxylation is 1. The van der Waals surface area contributed by atoms with Crippen LogP contribution in [0.25, 0.3) is 0 Å². The van der Waals surface area contributed by atoms with E-state index in [2.05, 4.69) is 10.3 Å². The minimum absolute atomic E-state index is 0.00318. The molecule has 2 amide bonds. The Labute approximate surface area is 253 Å². The third-order valence-electron chi connectivity index (χ3n) is 7.99. The summed E-state index contributed by atoms with van der Waals surface area (Å²) in [5.41, 5.74) is 1.13. The lowest BCUT2D eigenvalue weighted by Gasteiger charge is -2.37. The third-order valence-corrected chi connectivity index (χ3v) is 9.79. The second-order valence-electron chi connectivity index (χ2n) is 11.0. The van der Waals surface area contributed by atoms with Crippen LogP contribution < -0.4 is 14.5 Å². The number of anilines is 2. The zero-order chi connectivity index (χ0) is 31.6. The van der Waals surface area contributed by atoms with Crippen LogP contribution in [-0.2, 0) is 19.6 Å². The highest BCUT2D eigenvalue weighted by molar-refractivity contribution is 7.93. The summed E-state index contributed by atoms with van der Waals surface area (Å²) in [5, 5.41) is 12.2. The number of carbonyl (C=O) groups is 2. The van der Waals surface area contributed by atoms with Gasteiger partial charge >= 0.3 is 0 Å². The Bertz CT molecular complexity index is 1720. The van der Waals surface area contributed by atoms with Crippen LogP contribution in [-0.4, -0.2) is 49.0 Å². The Kier molecular flexibility index (Phi) is 8.65. The molecule has 0 bridgehead atoms. The van der Waals surface area contributed by atoms with Crippen molar-refractivity contribution in [3.05, 3.63) is 89.4 Å². The van der Waals surface area contributed by atoms with Gasteiger partial charge in [-0.05, 0) is 67.6 Å². The molecule has 1 aromatic heterocycles. The van der Waals surface area contributed by atoms with E-state index in [0.717, 1.165) is 15.3 Å². The second-order valence-corrected chi connectivity index (χ2v) is 13.0. The monoisotopic (exact) mass is 625 g/mol. The first-order valence-corrected chi connectivity index (χ1v) is 15.7. The zero-order valence-electron chi connectivity index (χ0n) is 23.8. The number of aromatic nitrogens is 1. The van der Waals surface area contributed by atoms with Crippen LogP contribution in [0.15, 0.2) is 66.9 Å². The van der Waals surface area contributed by atoms with Gasteiger partial charge in [0.05, 0.1) is 17.4 Å². The molecular formula is C31H30F3N5O4S. The number of nitrogens with one attached hydrogen (secondary N) is 1. The van der Waals surface area contributed by atoms with Crippen molar-refractivity contribution in [2.24, 2.45) is 0 Å². The van der Waals surface area contributed by atoms with Crippen LogP contribution in [0.4, 0.5) is 24.7 Å². The third kappa shape index (κ3) is 6.40. The summed E-state index contributed by atoms with van der Waals surface area (Å²) < 4.78 is 69.8. The van der Waals surface area contributed by atoms with Crippen LogP contribution in [0.2, 0.25) is 0 Å². The van der Waals surface area contributed by atoms with Gasteiger partial charge in [-0.1, -0.05) is 30.3 Å². The maximum absolute atomic E-state index is 14.7. The lowest BCUT2D eigenvalue weighted by Crippen LogP contribution is -2.53. The largest absolute Gasteiger partial charge is 0.351 e. The van der Waals surface area contributed by atoms with Crippen molar-refractivity contribution in [2.75, 3.05) is 15.0 Å². The summed E-state index contributed by atoms with van der Waals surface area (Å²) in [7, 11) is -4.07. The Morgan fingerprint density at radius 1 is 1.09 bits per heavy atom. The number of amides is 2. The Hall–Kier alpha value is -4.44. The van der Waals surface area contributed by atoms with Gasteiger partial charge in [-0.3, -0.25) is 14.5 Å². The molecule has 5 rings (SSSR count). The first-order valence-electron chi connectivity index (χ1n) is 14.1. The Balaban J connectivity index is 1.62. The molecule has 2 heterocycles. The van der Waals surface area contributed by atoms with Gasteiger partial charge in [0, 0.05) is 30.8 Å². The van der Waals surface area contributed by atoms with Crippen molar-refractivity contribution >= 4 is 33.3 Å². The summed E-state index contributed by atoms with van der Waals surface area (Å²) in [4.78, 5) is 33.9. The van der Waals surface area contributed by atoms with Crippen molar-refractivity contribution < 1.29 is 31.2 Å². The number of nitrogens with zero attached hydrogens (tertiary/aromatic N) is 4. The Morgan fingerprint density at radius 2 is 1.82 bits per heavy atom. The molecule has 2 atom stereocenters. The number of carbonyl (C=O) groups excluding carboxylic acids is 2. The van der Waals surface area contributed by atoms with Gasteiger partial charge in [0.15, 0.2) is 0 Å². The summed E-state index contributed by atoms with van der Waals surface area (Å²) >= 11 is 0. The molecule has 0 unspecified atom stereocenters. The molecule has 0 spiro atoms. The van der Waals surface area contributed by atoms with Crippen LogP contribution in [0, 0.1) is 24.1 Å². The zero-order valence-corrected chi connectivity index (χ0v) is 24.6. The molecule has 9 nitrogen and oxygen atoms in total. The van der Waals surface area contributed by atoms with Crippen LogP contribution in [0.5, 0.6) is 0 Å². The van der Waals surface area contributed by atoms with E-state index < -0.39 is 70.3 Å². The summed E-state index contributed by atoms with van der Waals surface area (Å²) in [5.74, 6) is -5.56. The minimum atomic E-state index is -4.07. The molecule has 2 fully saturated rings. The van der Waals surface area contributed by atoms with Gasteiger partial charge < -0.3 is 5.32 Å². The lowest BCUT2D eigenvalue weighted by atomic mass is 9.91. The van der Waals surface area contributed by atoms with Crippen molar-refractivity contribution in [1.82, 2.24) is 10.3 Å². The highest BCUT2D eigenvalue weighted by Gasteiger charge is 2.47. The fraction of sp³-hybridized carbons (Fsp3) is 0.355. The van der Waals surface area contributed by atoms with Crippen molar-refractivity contribution in [2.45, 2.75) is 63.1 Å². The molecule has 1 aliphatic heterocycles. The molecular weight excluding hydrogens is 595 g/mol. The van der Waals surface area contributed by atoms with E-state index in [1.54, 1.807) is 31.2 Å². The average Bonchev–Trinajstić information content (AvgIpc) is 3.31. The summed E-state index contributed by atoms with van der Waals surface area (Å²) in [6, 6.07) is 13.0. The molecule has 2 aromatic carbocycles. The van der Waals surface area contributed by atoms with Crippen molar-refractivity contribution in [1.29, 1.82) is 5.26 Å². The van der Waals surface area contributed by atoms with E-state index >= 15 is 0 Å². The second kappa shape index (κ2) is 12.3. The number of hydrogen-bond acceptors (Lipinski definition) is 6. The quantitative estimate of drug-likeness (QED) is 0.403. The lowest BCUT2D eigenvalue weighted by molar-refractivity contribution is -0.128. The number of sulfonamides is 1. The standard InChI is InChI=1S/C31H30F3N5O4S/c1-20-5-2-3-8-25(20)28(29(40)37-23-9-13-31(33,34)14-10-23)38(24-7-4-6-22(32)18-24)30(41)26-12-16-44(42,43)39(26)27-17-21(19-35)11-15-36-27/h2-8,11,15,17-18,23,26,28H,9-10,12-14,16H2,1H3,(H,37,40)/t26-,28+/m0/s1. The SMILES string of the molecule is Cc1ccccc1[C@H](C(=O)NC1CCC(F)(F)CC1)N(C(=O)[C@@H]1CCS(=O)(=O)N1c1cc(C#N)ccn1)c1cccc(F)c1. The van der Waals surface area contributed by atoms with Gasteiger partial charge in [-0.15, -0.1) is 0 Å². The molecule has 230 valence electrons. The van der Waals surface area contributed by atoms with Crippen LogP contribution >= 0.6 is 0 Å². The molecule has 1 aliphatic carbocycles. The normalized spacial score (nSPS) is 20.0. The highest BCUT2D eigenvalue weighted by Crippen LogP contribution is 2.37. The average molecular weight is 626 g/mol. The van der Waals surface area contributed by atoms with Gasteiger partial charge in [0.25, 0.3) is 5.91 Å². The van der Waals surface area contributed by atoms with Crippen LogP contribution in [0.1, 0.15) is 54.8 Å². The Morgan fingerprint density at radius 3 is 2.50 bits per heavy atom. The summed E-state index contributed by atoms with van der Waals surface area (Å²) in [6.07, 6.45) is 0.355. The number of alkyl halides is 2. The first kappa shape index (κ1) is 31.0. The molecule has 2 aliphatic rings. The maximum atomic E-state index is 14.7. The van der Waals surface area contributed by atoms with Gasteiger partial charge in [0.1, 0.15) is 23.7 Å². The molecule has 1 saturated carbocycles. The smallest absolute Gasteiger partial charge is 0.252 e. The van der Waals surface area contributed by atoms with Gasteiger partial charge in [0.2, 0.25) is 21.9 Å². The number of hydrogen-bond donors (Lipinski definition) is 1. The fourth-order valence-corrected chi connectivity index (χ4v) is 7.44. The van der Waals surface area contributed by atoms with E-state index in [1.165, 1.54) is 36.5 Å². The molecule has 0 radical (unpaired) electrons. The van der Waals surface area contributed by atoms with E-state index in [0.29, 0.717) is 11.1 Å². The van der Waals surface area contributed by atoms with Gasteiger partial charge in [-0.2, -0.15) is 5.26 Å². The fourth-order valence-electron chi connectivity index (χ4n) is 5.75. The highest BCUT2D eigenvalue weighted by atomic mass is 32.2. The van der Waals surface area contributed by atoms with E-state index in [9.17, 15) is 36.4 Å². The first-order chi connectivity index (χ1) is 20.9. The number of pyridine rings is 1. The molecule has 1 saturated heterocycles. The number of halogens is 3. The van der Waals surface area contributed by atoms with Crippen molar-refractivity contribution in [3.8, 4) is 6.07 Å². The minimum Gasteiger partial charge on any atom is -0.351 e. The predicted octanol–water partition coefficient (Wildman–Crippen LogP) is 4.78. The topological polar surface area (TPSA) is 123 Å². The number of rotatable bonds is 7. The molecule has 44 heavy (non-hydrogen) atoms. The summed E-state index contributed by atoms with van der Waals surface area (Å²) in [6.45, 7) is 1.73. The van der Waals surface area contributed by atoms with Crippen molar-refractivity contribution in [3.63, 3.8) is 0 Å². The molecule has 1 N–H and O–H groups in total. The van der Waals surface area contributed by atoms with E-state index in [4.69, 9.17) is 0 Å². The molecule has 3 aromatic rings. The van der Waals surface area contributed by atoms with E-state index in [1.807, 2.05) is 6.07 Å². The maximum Gasteiger partial charge on any atom is 0.252 e.